The van der Waals surface area contributed by atoms with Gasteiger partial charge in [-0.15, -0.1) is 0 Å². The van der Waals surface area contributed by atoms with Gasteiger partial charge in [0.1, 0.15) is 0 Å². The predicted octanol–water partition coefficient (Wildman–Crippen LogP) is 8.19. The molecule has 0 aliphatic carbocycles. The quantitative estimate of drug-likeness (QED) is 0.261. The van der Waals surface area contributed by atoms with Gasteiger partial charge in [0.2, 0.25) is 0 Å². The minimum absolute atomic E-state index is 1.19. The third-order valence-corrected chi connectivity index (χ3v) is 6.56. The molecule has 144 valence electrons. The fourth-order valence-corrected chi connectivity index (χ4v) is 5.22. The molecule has 0 spiro atoms. The van der Waals surface area contributed by atoms with E-state index >= 15 is 0 Å². The van der Waals surface area contributed by atoms with Crippen LogP contribution in [0.15, 0.2) is 115 Å². The molecule has 0 aliphatic rings. The van der Waals surface area contributed by atoms with Crippen LogP contribution in [-0.2, 0) is 0 Å². The summed E-state index contributed by atoms with van der Waals surface area (Å²) in [5.74, 6) is 0. The average molecular weight is 393 g/mol. The van der Waals surface area contributed by atoms with Crippen LogP contribution >= 0.6 is 0 Å². The van der Waals surface area contributed by atoms with Crippen LogP contribution in [0.25, 0.3) is 60.2 Å². The summed E-state index contributed by atoms with van der Waals surface area (Å²) < 4.78 is 2.42. The molecule has 0 amide bonds. The van der Waals surface area contributed by atoms with Gasteiger partial charge in [-0.1, -0.05) is 91.0 Å². The Labute approximate surface area is 180 Å². The van der Waals surface area contributed by atoms with Crippen LogP contribution in [0.4, 0.5) is 0 Å². The number of hydrogen-bond donors (Lipinski definition) is 0. The second kappa shape index (κ2) is 6.20. The fraction of sp³-hybridized carbons (Fsp3) is 0. The second-order valence-corrected chi connectivity index (χ2v) is 8.19. The first kappa shape index (κ1) is 16.7. The zero-order valence-corrected chi connectivity index (χ0v) is 16.9. The molecule has 0 unspecified atom stereocenters. The Morgan fingerprint density at radius 2 is 0.839 bits per heavy atom. The molecular weight excluding hydrogens is 374 g/mol. The number of fused-ring (bicyclic) bond motifs is 3. The molecule has 1 heteroatoms. The van der Waals surface area contributed by atoms with E-state index in [2.05, 4.69) is 120 Å². The zero-order valence-electron chi connectivity index (χ0n) is 16.9. The Kier molecular flexibility index (Phi) is 3.33. The lowest BCUT2D eigenvalue weighted by molar-refractivity contribution is 1.18. The summed E-state index contributed by atoms with van der Waals surface area (Å²) in [7, 11) is 0. The Hall–Kier alpha value is -4.10. The van der Waals surface area contributed by atoms with E-state index in [1.807, 2.05) is 0 Å². The maximum absolute atomic E-state index is 2.42. The first-order valence-electron chi connectivity index (χ1n) is 10.7. The maximum atomic E-state index is 2.42. The highest BCUT2D eigenvalue weighted by Gasteiger charge is 2.18. The van der Waals surface area contributed by atoms with Crippen molar-refractivity contribution in [3.63, 3.8) is 0 Å². The normalized spacial score (nSPS) is 11.9. The molecule has 6 aromatic carbocycles. The largest absolute Gasteiger partial charge is 0.309 e. The molecule has 1 nitrogen and oxygen atoms in total. The van der Waals surface area contributed by atoms with Gasteiger partial charge in [-0.25, -0.2) is 0 Å². The van der Waals surface area contributed by atoms with Crippen molar-refractivity contribution in [1.82, 2.24) is 4.57 Å². The Morgan fingerprint density at radius 1 is 0.355 bits per heavy atom. The van der Waals surface area contributed by atoms with Crippen LogP contribution in [0.3, 0.4) is 0 Å². The molecular formula is C30H19N. The number of rotatable bonds is 2. The molecule has 0 atom stereocenters. The molecule has 1 heterocycles. The van der Waals surface area contributed by atoms with Crippen molar-refractivity contribution in [1.29, 1.82) is 0 Å². The van der Waals surface area contributed by atoms with Crippen LogP contribution in [0.1, 0.15) is 0 Å². The number of aromatic nitrogens is 1. The van der Waals surface area contributed by atoms with Crippen molar-refractivity contribution in [3.8, 4) is 16.8 Å². The lowest BCUT2D eigenvalue weighted by atomic mass is 9.95. The number of hydrogen-bond acceptors (Lipinski definition) is 0. The lowest BCUT2D eigenvalue weighted by Gasteiger charge is -2.09. The van der Waals surface area contributed by atoms with E-state index in [4.69, 9.17) is 0 Å². The van der Waals surface area contributed by atoms with Crippen molar-refractivity contribution in [2.75, 3.05) is 0 Å². The first-order chi connectivity index (χ1) is 15.4. The topological polar surface area (TPSA) is 4.93 Å². The highest BCUT2D eigenvalue weighted by Crippen LogP contribution is 2.43. The molecule has 0 bridgehead atoms. The first-order valence-corrected chi connectivity index (χ1v) is 10.7. The lowest BCUT2D eigenvalue weighted by Crippen LogP contribution is -1.93. The van der Waals surface area contributed by atoms with Crippen molar-refractivity contribution in [3.05, 3.63) is 115 Å². The predicted molar refractivity (Wildman–Crippen MR) is 132 cm³/mol. The Balaban J connectivity index is 1.58. The summed E-state index contributed by atoms with van der Waals surface area (Å²) >= 11 is 0. The highest BCUT2D eigenvalue weighted by molar-refractivity contribution is 6.34. The summed E-state index contributed by atoms with van der Waals surface area (Å²) in [6, 6.07) is 41.7. The van der Waals surface area contributed by atoms with Crippen molar-refractivity contribution in [2.45, 2.75) is 0 Å². The second-order valence-electron chi connectivity index (χ2n) is 8.19. The molecule has 0 N–H and O–H groups in total. The third-order valence-electron chi connectivity index (χ3n) is 6.56. The fourth-order valence-electron chi connectivity index (χ4n) is 5.22. The van der Waals surface area contributed by atoms with E-state index in [-0.39, 0.29) is 0 Å². The van der Waals surface area contributed by atoms with Gasteiger partial charge in [0.25, 0.3) is 0 Å². The Morgan fingerprint density at radius 3 is 1.42 bits per heavy atom. The van der Waals surface area contributed by atoms with Gasteiger partial charge in [0.05, 0.1) is 11.0 Å². The van der Waals surface area contributed by atoms with Crippen LogP contribution in [0.2, 0.25) is 0 Å². The monoisotopic (exact) mass is 393 g/mol. The molecule has 0 saturated carbocycles. The molecule has 0 aliphatic heterocycles. The summed E-state index contributed by atoms with van der Waals surface area (Å²) in [5.41, 5.74) is 6.21. The minimum atomic E-state index is 1.19. The zero-order chi connectivity index (χ0) is 20.4. The molecule has 0 radical (unpaired) electrons. The summed E-state index contributed by atoms with van der Waals surface area (Å²) in [5, 5.41) is 8.03. The van der Waals surface area contributed by atoms with Gasteiger partial charge in [-0.05, 0) is 56.9 Å². The van der Waals surface area contributed by atoms with E-state index in [1.165, 1.54) is 60.2 Å². The van der Waals surface area contributed by atoms with Crippen molar-refractivity contribution < 1.29 is 0 Å². The van der Waals surface area contributed by atoms with Gasteiger partial charge in [0.15, 0.2) is 0 Å². The third kappa shape index (κ3) is 2.26. The summed E-state index contributed by atoms with van der Waals surface area (Å²) in [4.78, 5) is 0. The van der Waals surface area contributed by atoms with E-state index in [1.54, 1.807) is 0 Å². The highest BCUT2D eigenvalue weighted by atomic mass is 15.0. The van der Waals surface area contributed by atoms with E-state index in [0.717, 1.165) is 0 Å². The standard InChI is InChI=1S/C30H19N/c1-2-8-20(9-3-1)21-16-18-22(19-17-21)31-27-14-6-12-25-23-10-4-5-11-24(23)26-13-7-15-28(31)30(26)29(25)27/h1-19H. The molecule has 1 aromatic heterocycles. The molecule has 0 fully saturated rings. The van der Waals surface area contributed by atoms with Gasteiger partial charge in [0, 0.05) is 16.5 Å². The van der Waals surface area contributed by atoms with Crippen LogP contribution in [0, 0.1) is 0 Å². The van der Waals surface area contributed by atoms with E-state index in [0.29, 0.717) is 0 Å². The van der Waals surface area contributed by atoms with Gasteiger partial charge >= 0.3 is 0 Å². The van der Waals surface area contributed by atoms with Crippen LogP contribution in [-0.4, -0.2) is 4.57 Å². The molecule has 7 rings (SSSR count). The average Bonchev–Trinajstić information content (AvgIpc) is 3.19. The molecule has 0 saturated heterocycles. The molecule has 31 heavy (non-hydrogen) atoms. The number of nitrogens with zero attached hydrogens (tertiary/aromatic N) is 1. The van der Waals surface area contributed by atoms with E-state index < -0.39 is 0 Å². The number of benzene rings is 6. The van der Waals surface area contributed by atoms with Crippen molar-refractivity contribution >= 4 is 43.4 Å². The summed E-state index contributed by atoms with van der Waals surface area (Å²) in [6.07, 6.45) is 0. The van der Waals surface area contributed by atoms with Crippen LogP contribution < -0.4 is 0 Å². The van der Waals surface area contributed by atoms with Crippen molar-refractivity contribution in [2.24, 2.45) is 0 Å². The summed E-state index contributed by atoms with van der Waals surface area (Å²) in [6.45, 7) is 0. The van der Waals surface area contributed by atoms with Crippen LogP contribution in [0.5, 0.6) is 0 Å². The van der Waals surface area contributed by atoms with Gasteiger partial charge in [-0.3, -0.25) is 0 Å². The van der Waals surface area contributed by atoms with Gasteiger partial charge in [-0.2, -0.15) is 0 Å². The molecule has 7 aromatic rings. The smallest absolute Gasteiger partial charge is 0.0547 e. The van der Waals surface area contributed by atoms with Gasteiger partial charge < -0.3 is 4.57 Å². The maximum Gasteiger partial charge on any atom is 0.0547 e. The minimum Gasteiger partial charge on any atom is -0.309 e. The SMILES string of the molecule is c1ccc(-c2ccc(-n3c4cccc5c6ccccc6c6cccc3c6c54)cc2)cc1. The Bertz CT molecular complexity index is 1620. The van der Waals surface area contributed by atoms with E-state index in [9.17, 15) is 0 Å².